The van der Waals surface area contributed by atoms with Gasteiger partial charge in [0.25, 0.3) is 0 Å². The largest absolute Gasteiger partial charge is 0.392 e. The van der Waals surface area contributed by atoms with Crippen molar-refractivity contribution in [1.29, 1.82) is 0 Å². The van der Waals surface area contributed by atoms with E-state index in [0.29, 0.717) is 5.92 Å². The van der Waals surface area contributed by atoms with Crippen molar-refractivity contribution in [2.45, 2.75) is 25.5 Å². The van der Waals surface area contributed by atoms with Crippen LogP contribution in [-0.2, 0) is 6.54 Å². The van der Waals surface area contributed by atoms with Crippen molar-refractivity contribution < 1.29 is 5.11 Å². The van der Waals surface area contributed by atoms with Crippen LogP contribution in [0.4, 0.5) is 0 Å². The third-order valence-corrected chi connectivity index (χ3v) is 3.28. The Balaban J connectivity index is 1.63. The highest BCUT2D eigenvalue weighted by atomic mass is 32.1. The molecule has 0 aliphatic heterocycles. The molecule has 1 unspecified atom stereocenters. The third kappa shape index (κ3) is 2.79. The van der Waals surface area contributed by atoms with Crippen LogP contribution in [0.5, 0.6) is 0 Å². The van der Waals surface area contributed by atoms with Crippen LogP contribution in [0.2, 0.25) is 0 Å². The summed E-state index contributed by atoms with van der Waals surface area (Å²) in [5.41, 5.74) is 0. The second kappa shape index (κ2) is 4.22. The van der Waals surface area contributed by atoms with Crippen molar-refractivity contribution in [3.8, 4) is 0 Å². The van der Waals surface area contributed by atoms with Gasteiger partial charge in [-0.3, -0.25) is 0 Å². The highest BCUT2D eigenvalue weighted by Gasteiger charge is 2.28. The van der Waals surface area contributed by atoms with Gasteiger partial charge in [-0.15, -0.1) is 11.3 Å². The van der Waals surface area contributed by atoms with E-state index in [4.69, 9.17) is 0 Å². The van der Waals surface area contributed by atoms with E-state index in [2.05, 4.69) is 22.8 Å². The van der Waals surface area contributed by atoms with E-state index in [1.165, 1.54) is 17.7 Å². The van der Waals surface area contributed by atoms with E-state index < -0.39 is 0 Å². The lowest BCUT2D eigenvalue weighted by Gasteiger charge is -2.09. The first-order chi connectivity index (χ1) is 6.36. The maximum atomic E-state index is 9.56. The first-order valence-corrected chi connectivity index (χ1v) is 5.65. The van der Waals surface area contributed by atoms with Crippen molar-refractivity contribution >= 4 is 11.3 Å². The van der Waals surface area contributed by atoms with Crippen molar-refractivity contribution in [1.82, 2.24) is 5.32 Å². The van der Waals surface area contributed by atoms with E-state index in [1.54, 1.807) is 11.3 Å². The third-order valence-electron chi connectivity index (χ3n) is 2.40. The molecule has 3 heteroatoms. The summed E-state index contributed by atoms with van der Waals surface area (Å²) in [5, 5.41) is 14.9. The molecule has 1 aromatic rings. The monoisotopic (exact) mass is 197 g/mol. The molecular weight excluding hydrogens is 182 g/mol. The zero-order valence-corrected chi connectivity index (χ0v) is 8.39. The van der Waals surface area contributed by atoms with Gasteiger partial charge < -0.3 is 10.4 Å². The Hall–Kier alpha value is -0.380. The summed E-state index contributed by atoms with van der Waals surface area (Å²) in [4.78, 5) is 1.34. The van der Waals surface area contributed by atoms with Gasteiger partial charge in [0, 0.05) is 18.0 Å². The van der Waals surface area contributed by atoms with E-state index in [-0.39, 0.29) is 6.10 Å². The van der Waals surface area contributed by atoms with Crippen molar-refractivity contribution in [2.24, 2.45) is 5.92 Å². The summed E-state index contributed by atoms with van der Waals surface area (Å²) < 4.78 is 0. The zero-order valence-electron chi connectivity index (χ0n) is 7.57. The maximum Gasteiger partial charge on any atom is 0.0692 e. The van der Waals surface area contributed by atoms with Crippen LogP contribution < -0.4 is 5.32 Å². The molecule has 2 N–H and O–H groups in total. The predicted octanol–water partition coefficient (Wildman–Crippen LogP) is 1.61. The molecule has 1 aliphatic carbocycles. The second-order valence-corrected chi connectivity index (χ2v) is 4.65. The lowest BCUT2D eigenvalue weighted by molar-refractivity contribution is 0.148. The predicted molar refractivity (Wildman–Crippen MR) is 54.8 cm³/mol. The molecule has 2 rings (SSSR count). The van der Waals surface area contributed by atoms with Gasteiger partial charge in [0.2, 0.25) is 0 Å². The lowest BCUT2D eigenvalue weighted by atomic mass is 10.2. The number of hydrogen-bond acceptors (Lipinski definition) is 3. The SMILES string of the molecule is OC(CNCc1cccs1)C1CC1. The molecule has 0 spiro atoms. The topological polar surface area (TPSA) is 32.3 Å². The van der Waals surface area contributed by atoms with E-state index in [1.807, 2.05) is 0 Å². The van der Waals surface area contributed by atoms with Crippen LogP contribution in [0, 0.1) is 5.92 Å². The Morgan fingerprint density at radius 1 is 1.62 bits per heavy atom. The molecule has 1 saturated carbocycles. The molecule has 13 heavy (non-hydrogen) atoms. The van der Waals surface area contributed by atoms with Gasteiger partial charge in [0.15, 0.2) is 0 Å². The van der Waals surface area contributed by atoms with Crippen molar-refractivity contribution in [3.05, 3.63) is 22.4 Å². The fourth-order valence-corrected chi connectivity index (χ4v) is 2.08. The van der Waals surface area contributed by atoms with E-state index in [9.17, 15) is 5.11 Å². The normalized spacial score (nSPS) is 18.8. The van der Waals surface area contributed by atoms with Crippen LogP contribution in [0.1, 0.15) is 17.7 Å². The fourth-order valence-electron chi connectivity index (χ4n) is 1.40. The van der Waals surface area contributed by atoms with Crippen LogP contribution in [0.15, 0.2) is 17.5 Å². The number of aliphatic hydroxyl groups is 1. The Kier molecular flexibility index (Phi) is 2.98. The van der Waals surface area contributed by atoms with Gasteiger partial charge >= 0.3 is 0 Å². The molecule has 0 saturated heterocycles. The Morgan fingerprint density at radius 3 is 3.08 bits per heavy atom. The highest BCUT2D eigenvalue weighted by Crippen LogP contribution is 2.32. The zero-order chi connectivity index (χ0) is 9.10. The lowest BCUT2D eigenvalue weighted by Crippen LogP contribution is -2.27. The quantitative estimate of drug-likeness (QED) is 0.751. The minimum atomic E-state index is -0.125. The summed E-state index contributed by atoms with van der Waals surface area (Å²) in [6, 6.07) is 4.17. The fraction of sp³-hybridized carbons (Fsp3) is 0.600. The van der Waals surface area contributed by atoms with Gasteiger partial charge in [-0.2, -0.15) is 0 Å². The summed E-state index contributed by atoms with van der Waals surface area (Å²) >= 11 is 1.75. The number of thiophene rings is 1. The molecule has 0 amide bonds. The summed E-state index contributed by atoms with van der Waals surface area (Å²) in [6.07, 6.45) is 2.30. The number of rotatable bonds is 5. The molecular formula is C10H15NOS. The Labute approximate surface area is 82.6 Å². The van der Waals surface area contributed by atoms with Gasteiger partial charge in [0.1, 0.15) is 0 Å². The standard InChI is InChI=1S/C10H15NOS/c12-10(8-3-4-8)7-11-6-9-2-1-5-13-9/h1-2,5,8,10-12H,3-4,6-7H2. The number of nitrogens with one attached hydrogen (secondary N) is 1. The average molecular weight is 197 g/mol. The Bertz CT molecular complexity index is 243. The maximum absolute atomic E-state index is 9.56. The van der Waals surface area contributed by atoms with E-state index in [0.717, 1.165) is 13.1 Å². The molecule has 1 heterocycles. The second-order valence-electron chi connectivity index (χ2n) is 3.62. The van der Waals surface area contributed by atoms with Gasteiger partial charge in [-0.25, -0.2) is 0 Å². The van der Waals surface area contributed by atoms with Crippen LogP contribution in [0.25, 0.3) is 0 Å². The minimum Gasteiger partial charge on any atom is -0.392 e. The summed E-state index contributed by atoms with van der Waals surface area (Å²) in [5.74, 6) is 0.579. The van der Waals surface area contributed by atoms with Crippen LogP contribution >= 0.6 is 11.3 Å². The molecule has 2 nitrogen and oxygen atoms in total. The van der Waals surface area contributed by atoms with Crippen LogP contribution in [-0.4, -0.2) is 17.8 Å². The minimum absolute atomic E-state index is 0.125. The number of hydrogen-bond donors (Lipinski definition) is 2. The first-order valence-electron chi connectivity index (χ1n) is 4.77. The van der Waals surface area contributed by atoms with Gasteiger partial charge in [-0.05, 0) is 30.2 Å². The molecule has 1 aliphatic rings. The molecule has 1 fully saturated rings. The van der Waals surface area contributed by atoms with Crippen LogP contribution in [0.3, 0.4) is 0 Å². The smallest absolute Gasteiger partial charge is 0.0692 e. The molecule has 0 aromatic carbocycles. The average Bonchev–Trinajstić information content (AvgIpc) is 2.86. The first kappa shape index (κ1) is 9.19. The van der Waals surface area contributed by atoms with Gasteiger partial charge in [-0.1, -0.05) is 6.07 Å². The van der Waals surface area contributed by atoms with Crippen molar-refractivity contribution in [3.63, 3.8) is 0 Å². The summed E-state index contributed by atoms with van der Waals surface area (Å²) in [6.45, 7) is 1.63. The molecule has 1 aromatic heterocycles. The van der Waals surface area contributed by atoms with Crippen molar-refractivity contribution in [2.75, 3.05) is 6.54 Å². The Morgan fingerprint density at radius 2 is 2.46 bits per heavy atom. The van der Waals surface area contributed by atoms with Gasteiger partial charge in [0.05, 0.1) is 6.10 Å². The highest BCUT2D eigenvalue weighted by molar-refractivity contribution is 7.09. The molecule has 72 valence electrons. The van der Waals surface area contributed by atoms with E-state index >= 15 is 0 Å². The molecule has 1 atom stereocenters. The summed E-state index contributed by atoms with van der Waals surface area (Å²) in [7, 11) is 0. The molecule has 0 bridgehead atoms. The molecule has 0 radical (unpaired) electrons. The number of aliphatic hydroxyl groups excluding tert-OH is 1.